The molecule has 0 radical (unpaired) electrons. The van der Waals surface area contributed by atoms with E-state index in [0.717, 1.165) is 73.8 Å². The lowest BCUT2D eigenvalue weighted by Gasteiger charge is -2.35. The first-order chi connectivity index (χ1) is 19.5. The number of amides is 1. The van der Waals surface area contributed by atoms with Gasteiger partial charge >= 0.3 is 0 Å². The van der Waals surface area contributed by atoms with Crippen LogP contribution in [0, 0.1) is 11.5 Å². The Morgan fingerprint density at radius 3 is 2.61 bits per heavy atom. The highest BCUT2D eigenvalue weighted by Crippen LogP contribution is 2.41. The number of benzene rings is 1. The van der Waals surface area contributed by atoms with Crippen LogP contribution >= 0.6 is 11.3 Å². The number of hydrogen-bond acceptors (Lipinski definition) is 7. The topological polar surface area (TPSA) is 79.4 Å². The first-order valence-corrected chi connectivity index (χ1v) is 18.7. The maximum atomic E-state index is 12.8. The zero-order valence-electron chi connectivity index (χ0n) is 24.6. The zero-order chi connectivity index (χ0) is 28.9. The van der Waals surface area contributed by atoms with Gasteiger partial charge in [0.05, 0.1) is 34.8 Å². The van der Waals surface area contributed by atoms with Crippen molar-refractivity contribution in [3.63, 3.8) is 0 Å². The van der Waals surface area contributed by atoms with E-state index in [1.807, 2.05) is 6.92 Å². The van der Waals surface area contributed by atoms with Gasteiger partial charge in [-0.25, -0.2) is 9.97 Å². The van der Waals surface area contributed by atoms with Crippen molar-refractivity contribution in [1.29, 1.82) is 0 Å². The molecule has 6 rings (SSSR count). The van der Waals surface area contributed by atoms with Gasteiger partial charge in [0.1, 0.15) is 18.6 Å². The van der Waals surface area contributed by atoms with E-state index in [2.05, 4.69) is 96.9 Å². The van der Waals surface area contributed by atoms with Gasteiger partial charge in [-0.15, -0.1) is 16.9 Å². The molecular formula is C32H37N5O2SSi. The number of carbonyl (C=O) groups is 1. The quantitative estimate of drug-likeness (QED) is 0.231. The molecule has 0 bridgehead atoms. The molecule has 2 N–H and O–H groups in total. The van der Waals surface area contributed by atoms with Crippen LogP contribution in [0.5, 0.6) is 0 Å². The fourth-order valence-electron chi connectivity index (χ4n) is 5.66. The molecule has 9 heteroatoms. The first kappa shape index (κ1) is 27.9. The standard InChI is InChI=1S/C32H37N5O2SSi/c1-19-15-33-30-29-25-7-8-26(36-27(25)9-10-28(29)40-31(30)32(38)34-19)22-13-23(11-12-41(4,5)6)35-24(14-22)18-37-16-20(2)39-21(3)17-37/h7-10,13-14,19-21,33H,15-18H2,1-6H3,(H,34,38)/t19-,20-,21+/m1/s1. The van der Waals surface area contributed by atoms with Crippen molar-refractivity contribution >= 4 is 52.0 Å². The summed E-state index contributed by atoms with van der Waals surface area (Å²) in [5.41, 5.74) is 8.99. The van der Waals surface area contributed by atoms with Crippen LogP contribution < -0.4 is 10.6 Å². The van der Waals surface area contributed by atoms with Crippen LogP contribution in [0.25, 0.3) is 32.2 Å². The molecular weight excluding hydrogens is 547 g/mol. The number of fused-ring (bicyclic) bond motifs is 5. The van der Waals surface area contributed by atoms with Crippen molar-refractivity contribution in [3.05, 3.63) is 52.7 Å². The summed E-state index contributed by atoms with van der Waals surface area (Å²) in [5.74, 6) is 3.36. The minimum Gasteiger partial charge on any atom is -0.381 e. The number of nitrogens with one attached hydrogen (secondary N) is 2. The van der Waals surface area contributed by atoms with Crippen LogP contribution in [0.3, 0.4) is 0 Å². The Balaban J connectivity index is 1.42. The maximum absolute atomic E-state index is 12.8. The second-order valence-electron chi connectivity index (χ2n) is 12.4. The first-order valence-electron chi connectivity index (χ1n) is 14.4. The molecule has 5 heterocycles. The lowest BCUT2D eigenvalue weighted by Crippen LogP contribution is -2.44. The van der Waals surface area contributed by atoms with E-state index in [4.69, 9.17) is 14.7 Å². The lowest BCUT2D eigenvalue weighted by atomic mass is 10.1. The van der Waals surface area contributed by atoms with E-state index in [0.29, 0.717) is 6.54 Å². The summed E-state index contributed by atoms with van der Waals surface area (Å²) in [4.78, 5) is 26.1. The van der Waals surface area contributed by atoms with Crippen molar-refractivity contribution in [1.82, 2.24) is 20.2 Å². The second-order valence-corrected chi connectivity index (χ2v) is 18.2. The number of thiophene rings is 1. The van der Waals surface area contributed by atoms with Gasteiger partial charge in [0.2, 0.25) is 0 Å². The van der Waals surface area contributed by atoms with E-state index in [-0.39, 0.29) is 24.2 Å². The minimum atomic E-state index is -1.57. The number of carbonyl (C=O) groups excluding carboxylic acids is 1. The summed E-state index contributed by atoms with van der Waals surface area (Å²) in [5, 5.41) is 8.70. The van der Waals surface area contributed by atoms with Gasteiger partial charge in [-0.2, -0.15) is 0 Å². The SMILES string of the molecule is C[C@@H]1CNc2c(sc3ccc4nc(-c5cc(C#C[Si](C)(C)C)nc(CN6C[C@@H](C)O[C@@H](C)C6)c5)ccc4c23)C(=O)N1. The highest BCUT2D eigenvalue weighted by Gasteiger charge is 2.25. The Bertz CT molecular complexity index is 1710. The molecule has 41 heavy (non-hydrogen) atoms. The molecule has 0 spiro atoms. The predicted octanol–water partition coefficient (Wildman–Crippen LogP) is 5.89. The molecule has 4 aromatic rings. The number of hydrogen-bond donors (Lipinski definition) is 2. The summed E-state index contributed by atoms with van der Waals surface area (Å²) < 4.78 is 7.03. The molecule has 3 atom stereocenters. The van der Waals surface area contributed by atoms with Crippen molar-refractivity contribution < 1.29 is 9.53 Å². The van der Waals surface area contributed by atoms with Gasteiger partial charge in [0.25, 0.3) is 5.91 Å². The number of aromatic nitrogens is 2. The highest BCUT2D eigenvalue weighted by atomic mass is 32.1. The third kappa shape index (κ3) is 6.02. The maximum Gasteiger partial charge on any atom is 0.263 e. The predicted molar refractivity (Wildman–Crippen MR) is 171 cm³/mol. The summed E-state index contributed by atoms with van der Waals surface area (Å²) >= 11 is 1.53. The van der Waals surface area contributed by atoms with Gasteiger partial charge in [-0.3, -0.25) is 9.69 Å². The fourth-order valence-corrected chi connectivity index (χ4v) is 7.26. The molecule has 1 amide bonds. The van der Waals surface area contributed by atoms with E-state index < -0.39 is 8.07 Å². The van der Waals surface area contributed by atoms with E-state index in [1.165, 1.54) is 11.3 Å². The Morgan fingerprint density at radius 2 is 1.85 bits per heavy atom. The molecule has 1 saturated heterocycles. The number of anilines is 1. The van der Waals surface area contributed by atoms with Crippen molar-refractivity contribution in [2.75, 3.05) is 25.0 Å². The van der Waals surface area contributed by atoms with Crippen LogP contribution in [0.1, 0.15) is 41.8 Å². The Hall–Kier alpha value is -3.29. The van der Waals surface area contributed by atoms with E-state index in [1.54, 1.807) is 0 Å². The molecule has 2 aliphatic heterocycles. The van der Waals surface area contributed by atoms with Gasteiger partial charge in [-0.1, -0.05) is 25.6 Å². The highest BCUT2D eigenvalue weighted by molar-refractivity contribution is 7.21. The number of nitrogens with zero attached hydrogens (tertiary/aromatic N) is 3. The average molecular weight is 584 g/mol. The Morgan fingerprint density at radius 1 is 1.07 bits per heavy atom. The molecule has 2 aliphatic rings. The summed E-state index contributed by atoms with van der Waals surface area (Å²) in [7, 11) is -1.57. The number of morpholine rings is 1. The van der Waals surface area contributed by atoms with Crippen LogP contribution in [-0.2, 0) is 11.3 Å². The Labute approximate surface area is 246 Å². The zero-order valence-corrected chi connectivity index (χ0v) is 26.4. The molecule has 7 nitrogen and oxygen atoms in total. The summed E-state index contributed by atoms with van der Waals surface area (Å²) in [6.45, 7) is 16.2. The molecule has 3 aromatic heterocycles. The third-order valence-corrected chi connectivity index (χ3v) is 9.34. The Kier molecular flexibility index (Phi) is 7.36. The van der Waals surface area contributed by atoms with Crippen LogP contribution in [0.4, 0.5) is 5.69 Å². The van der Waals surface area contributed by atoms with Gasteiger partial charge < -0.3 is 15.4 Å². The van der Waals surface area contributed by atoms with E-state index >= 15 is 0 Å². The van der Waals surface area contributed by atoms with Crippen LogP contribution in [0.15, 0.2) is 36.4 Å². The van der Waals surface area contributed by atoms with Gasteiger partial charge in [0.15, 0.2) is 0 Å². The molecule has 0 saturated carbocycles. The third-order valence-electron chi connectivity index (χ3n) is 7.31. The lowest BCUT2D eigenvalue weighted by molar-refractivity contribution is -0.0707. The fraction of sp³-hybridized carbons (Fsp3) is 0.406. The van der Waals surface area contributed by atoms with E-state index in [9.17, 15) is 4.79 Å². The molecule has 1 fully saturated rings. The average Bonchev–Trinajstić information content (AvgIpc) is 3.22. The molecule has 0 unspecified atom stereocenters. The molecule has 1 aromatic carbocycles. The second kappa shape index (κ2) is 10.8. The smallest absolute Gasteiger partial charge is 0.263 e. The number of ether oxygens (including phenoxy) is 1. The monoisotopic (exact) mass is 583 g/mol. The number of rotatable bonds is 3. The summed E-state index contributed by atoms with van der Waals surface area (Å²) in [6.07, 6.45) is 0.394. The molecule has 212 valence electrons. The molecule has 0 aliphatic carbocycles. The normalized spacial score (nSPS) is 21.5. The minimum absolute atomic E-state index is 0.0169. The largest absolute Gasteiger partial charge is 0.381 e. The van der Waals surface area contributed by atoms with Crippen LogP contribution in [-0.4, -0.2) is 66.7 Å². The van der Waals surface area contributed by atoms with Gasteiger partial charge in [0, 0.05) is 53.3 Å². The van der Waals surface area contributed by atoms with Crippen molar-refractivity contribution in [2.45, 2.75) is 65.2 Å². The summed E-state index contributed by atoms with van der Waals surface area (Å²) in [6, 6.07) is 12.6. The van der Waals surface area contributed by atoms with Crippen molar-refractivity contribution in [3.8, 4) is 22.7 Å². The number of pyridine rings is 2. The van der Waals surface area contributed by atoms with Crippen molar-refractivity contribution in [2.24, 2.45) is 0 Å². The van der Waals surface area contributed by atoms with Gasteiger partial charge in [-0.05, 0) is 57.2 Å². The van der Waals surface area contributed by atoms with Crippen LogP contribution in [0.2, 0.25) is 19.6 Å².